The van der Waals surface area contributed by atoms with Gasteiger partial charge in [-0.05, 0) is 114 Å². The summed E-state index contributed by atoms with van der Waals surface area (Å²) in [4.78, 5) is 42.0. The Hall–Kier alpha value is -4.20. The first-order valence-electron chi connectivity index (χ1n) is 13.7. The van der Waals surface area contributed by atoms with E-state index in [4.69, 9.17) is 9.47 Å². The lowest BCUT2D eigenvalue weighted by Gasteiger charge is -2.07. The van der Waals surface area contributed by atoms with Crippen LogP contribution in [-0.2, 0) is 22.3 Å². The molecule has 0 bridgehead atoms. The Morgan fingerprint density at radius 2 is 1.07 bits per heavy atom. The number of allylic oxidation sites excluding steroid dienone is 4. The molecule has 2 aliphatic heterocycles. The van der Waals surface area contributed by atoms with Crippen molar-refractivity contribution in [2.24, 2.45) is 9.98 Å². The molecule has 2 N–H and O–H groups in total. The van der Waals surface area contributed by atoms with E-state index in [0.29, 0.717) is 24.0 Å². The van der Waals surface area contributed by atoms with Crippen molar-refractivity contribution in [3.63, 3.8) is 0 Å². The number of aryl methyl sites for hydroxylation is 2. The number of carbonyl (C=O) groups is 2. The van der Waals surface area contributed by atoms with Gasteiger partial charge < -0.3 is 19.4 Å². The highest BCUT2D eigenvalue weighted by atomic mass is 16.5. The third-order valence-electron chi connectivity index (χ3n) is 7.62. The van der Waals surface area contributed by atoms with E-state index < -0.39 is 0 Å². The molecule has 0 fully saturated rings. The Morgan fingerprint density at radius 3 is 1.38 bits per heavy atom. The zero-order valence-electron chi connectivity index (χ0n) is 24.7. The molecule has 0 amide bonds. The second kappa shape index (κ2) is 11.9. The summed E-state index contributed by atoms with van der Waals surface area (Å²) in [6, 6.07) is 0. The first-order chi connectivity index (χ1) is 19.1. The molecule has 40 heavy (non-hydrogen) atoms. The maximum Gasteiger partial charge on any atom is 0.340 e. The Morgan fingerprint density at radius 1 is 0.700 bits per heavy atom. The van der Waals surface area contributed by atoms with Crippen molar-refractivity contribution in [3.8, 4) is 0 Å². The second-order valence-corrected chi connectivity index (χ2v) is 10.2. The van der Waals surface area contributed by atoms with E-state index in [-0.39, 0.29) is 25.2 Å². The smallest absolute Gasteiger partial charge is 0.340 e. The summed E-state index contributed by atoms with van der Waals surface area (Å²) >= 11 is 0. The van der Waals surface area contributed by atoms with Crippen LogP contribution in [0.1, 0.15) is 96.2 Å². The summed E-state index contributed by atoms with van der Waals surface area (Å²) in [6.07, 6.45) is 8.59. The van der Waals surface area contributed by atoms with Crippen LogP contribution in [0.15, 0.2) is 43.7 Å². The minimum atomic E-state index is -0.371. The molecule has 0 radical (unpaired) electrons. The Bertz CT molecular complexity index is 1440. The lowest BCUT2D eigenvalue weighted by molar-refractivity contribution is 0.0513. The number of H-pyrrole nitrogens is 2. The van der Waals surface area contributed by atoms with Crippen LogP contribution in [0.2, 0.25) is 0 Å². The number of ether oxygens (including phenoxy) is 2. The average Bonchev–Trinajstić information content (AvgIpc) is 3.61. The first-order valence-corrected chi connectivity index (χ1v) is 13.7. The summed E-state index contributed by atoms with van der Waals surface area (Å²) in [5.74, 6) is -0.741. The van der Waals surface area contributed by atoms with Gasteiger partial charge in [-0.15, -0.1) is 0 Å². The summed E-state index contributed by atoms with van der Waals surface area (Å²) in [6.45, 7) is 16.1. The third-order valence-corrected chi connectivity index (χ3v) is 7.62. The van der Waals surface area contributed by atoms with E-state index in [1.54, 1.807) is 13.8 Å². The van der Waals surface area contributed by atoms with Gasteiger partial charge in [0.25, 0.3) is 0 Å². The van der Waals surface area contributed by atoms with Gasteiger partial charge in [0, 0.05) is 35.2 Å². The molecule has 210 valence electrons. The normalized spacial score (nSPS) is 16.8. The molecular formula is C32H38N4O4. The standard InChI is InChI=1S/C32H38N4O4/c1-9-39-31(37)29-21(7)27(13-25-19(5)17(3)15-33-25)35-23(29)11-12-24-30(32(38)40-10-2)22(8)28(36-24)14-26-20(6)18(4)16-34-26/h13-16,35-36H,9-12H2,1-8H3/b25-13+,26-14+. The van der Waals surface area contributed by atoms with Crippen LogP contribution >= 0.6 is 0 Å². The predicted octanol–water partition coefficient (Wildman–Crippen LogP) is 6.62. The number of carbonyl (C=O) groups excluding carboxylic acids is 2. The SMILES string of the molecule is CCOC(=O)c1c(CCc2[nH]c(/C=C3/N=CC(C)=C3C)c(C)c2C(=O)OCC)[nH]c(/C=C2/N=CC(C)=C2C)c1C. The maximum absolute atomic E-state index is 13.0. The van der Waals surface area contributed by atoms with Crippen LogP contribution in [0.25, 0.3) is 12.2 Å². The van der Waals surface area contributed by atoms with Gasteiger partial charge in [0.15, 0.2) is 0 Å². The molecule has 2 aromatic rings. The summed E-state index contributed by atoms with van der Waals surface area (Å²) in [5.41, 5.74) is 11.9. The molecule has 0 saturated carbocycles. The number of hydrogen-bond acceptors (Lipinski definition) is 6. The molecule has 4 heterocycles. The quantitative estimate of drug-likeness (QED) is 0.347. The minimum Gasteiger partial charge on any atom is -0.462 e. The number of nitrogens with one attached hydrogen (secondary N) is 2. The maximum atomic E-state index is 13.0. The van der Waals surface area contributed by atoms with Gasteiger partial charge in [0.2, 0.25) is 0 Å². The van der Waals surface area contributed by atoms with Crippen molar-refractivity contribution >= 4 is 36.5 Å². The molecule has 2 aliphatic rings. The monoisotopic (exact) mass is 542 g/mol. The number of hydrogen-bond donors (Lipinski definition) is 2. The number of aromatic nitrogens is 2. The van der Waals surface area contributed by atoms with E-state index in [2.05, 4.69) is 20.0 Å². The Kier molecular flexibility index (Phi) is 8.57. The van der Waals surface area contributed by atoms with Crippen LogP contribution < -0.4 is 0 Å². The third kappa shape index (κ3) is 5.57. The Balaban J connectivity index is 1.73. The predicted molar refractivity (Wildman–Crippen MR) is 160 cm³/mol. The highest BCUT2D eigenvalue weighted by molar-refractivity contribution is 5.95. The summed E-state index contributed by atoms with van der Waals surface area (Å²) in [7, 11) is 0. The fourth-order valence-electron chi connectivity index (χ4n) is 4.92. The van der Waals surface area contributed by atoms with Crippen molar-refractivity contribution in [2.75, 3.05) is 13.2 Å². The molecule has 0 saturated heterocycles. The fourth-order valence-corrected chi connectivity index (χ4v) is 4.92. The molecule has 0 aliphatic carbocycles. The largest absolute Gasteiger partial charge is 0.462 e. The van der Waals surface area contributed by atoms with E-state index in [0.717, 1.165) is 67.6 Å². The van der Waals surface area contributed by atoms with Crippen LogP contribution in [0.4, 0.5) is 0 Å². The van der Waals surface area contributed by atoms with Crippen molar-refractivity contribution in [1.29, 1.82) is 0 Å². The fraction of sp³-hybridized carbons (Fsp3) is 0.375. The summed E-state index contributed by atoms with van der Waals surface area (Å²) < 4.78 is 10.8. The van der Waals surface area contributed by atoms with Crippen molar-refractivity contribution in [1.82, 2.24) is 9.97 Å². The zero-order chi connectivity index (χ0) is 29.1. The van der Waals surface area contributed by atoms with E-state index >= 15 is 0 Å². The van der Waals surface area contributed by atoms with Gasteiger partial charge in [-0.25, -0.2) is 9.59 Å². The number of rotatable bonds is 9. The number of esters is 2. The number of nitrogens with zero attached hydrogens (tertiary/aromatic N) is 2. The summed E-state index contributed by atoms with van der Waals surface area (Å²) in [5, 5.41) is 0. The molecule has 0 unspecified atom stereocenters. The molecule has 0 spiro atoms. The van der Waals surface area contributed by atoms with Crippen LogP contribution in [0, 0.1) is 13.8 Å². The molecule has 8 heteroatoms. The topological polar surface area (TPSA) is 109 Å². The molecule has 0 aromatic carbocycles. The number of aromatic amines is 2. The Labute approximate surface area is 235 Å². The molecular weight excluding hydrogens is 504 g/mol. The van der Waals surface area contributed by atoms with Gasteiger partial charge in [0.1, 0.15) is 0 Å². The first kappa shape index (κ1) is 28.8. The van der Waals surface area contributed by atoms with Gasteiger partial charge in [0.05, 0.1) is 35.7 Å². The zero-order valence-corrected chi connectivity index (χ0v) is 24.7. The van der Waals surface area contributed by atoms with Crippen molar-refractivity contribution in [2.45, 2.75) is 68.2 Å². The van der Waals surface area contributed by atoms with Crippen LogP contribution in [0.5, 0.6) is 0 Å². The van der Waals surface area contributed by atoms with Crippen LogP contribution in [-0.4, -0.2) is 47.5 Å². The van der Waals surface area contributed by atoms with E-state index in [1.165, 1.54) is 0 Å². The molecule has 4 rings (SSSR count). The highest BCUT2D eigenvalue weighted by Crippen LogP contribution is 2.30. The van der Waals surface area contributed by atoms with Gasteiger partial charge >= 0.3 is 11.9 Å². The van der Waals surface area contributed by atoms with E-state index in [1.807, 2.05) is 66.1 Å². The molecule has 0 atom stereocenters. The van der Waals surface area contributed by atoms with Crippen molar-refractivity contribution < 1.29 is 19.1 Å². The number of aliphatic imine (C=N–C) groups is 2. The molecule has 8 nitrogen and oxygen atoms in total. The molecule has 2 aromatic heterocycles. The lowest BCUT2D eigenvalue weighted by Crippen LogP contribution is -2.11. The average molecular weight is 543 g/mol. The second-order valence-electron chi connectivity index (χ2n) is 10.2. The van der Waals surface area contributed by atoms with Gasteiger partial charge in [-0.1, -0.05) is 0 Å². The van der Waals surface area contributed by atoms with E-state index in [9.17, 15) is 9.59 Å². The van der Waals surface area contributed by atoms with Gasteiger partial charge in [-0.3, -0.25) is 9.98 Å². The lowest BCUT2D eigenvalue weighted by atomic mass is 10.0. The van der Waals surface area contributed by atoms with Gasteiger partial charge in [-0.2, -0.15) is 0 Å². The van der Waals surface area contributed by atoms with Crippen molar-refractivity contribution in [3.05, 3.63) is 78.7 Å². The highest BCUT2D eigenvalue weighted by Gasteiger charge is 2.25. The van der Waals surface area contributed by atoms with Crippen LogP contribution in [0.3, 0.4) is 0 Å². The minimum absolute atomic E-state index is 0.279.